The molecule has 1 unspecified atom stereocenters. The van der Waals surface area contributed by atoms with Gasteiger partial charge in [-0.3, -0.25) is 0 Å². The average Bonchev–Trinajstić information content (AvgIpc) is 2.95. The molecule has 1 atom stereocenters. The molecule has 0 saturated carbocycles. The van der Waals surface area contributed by atoms with Crippen molar-refractivity contribution < 1.29 is 13.5 Å². The molecule has 0 aromatic carbocycles. The van der Waals surface area contributed by atoms with Crippen molar-refractivity contribution in [2.45, 2.75) is 44.0 Å². The predicted octanol–water partition coefficient (Wildman–Crippen LogP) is 2.83. The fraction of sp³-hybridized carbons (Fsp3) is 0.429. The second-order valence-electron chi connectivity index (χ2n) is 5.07. The third-order valence-corrected chi connectivity index (χ3v) is 7.37. The molecule has 21 heavy (non-hydrogen) atoms. The molecule has 2 aromatic heterocycles. The molecule has 0 bridgehead atoms. The summed E-state index contributed by atoms with van der Waals surface area (Å²) in [6.45, 7) is 5.57. The minimum absolute atomic E-state index is 0.129. The van der Waals surface area contributed by atoms with E-state index in [1.54, 1.807) is 24.3 Å². The first kappa shape index (κ1) is 16.6. The van der Waals surface area contributed by atoms with Crippen molar-refractivity contribution in [3.05, 3.63) is 38.4 Å². The van der Waals surface area contributed by atoms with Gasteiger partial charge in [0, 0.05) is 20.7 Å². The fourth-order valence-electron chi connectivity index (χ4n) is 2.04. The third-order valence-electron chi connectivity index (χ3n) is 3.07. The second kappa shape index (κ2) is 6.58. The number of aryl methyl sites for hydroxylation is 2. The van der Waals surface area contributed by atoms with Gasteiger partial charge in [0.1, 0.15) is 4.21 Å². The van der Waals surface area contributed by atoms with Crippen LogP contribution in [0.2, 0.25) is 0 Å². The second-order valence-corrected chi connectivity index (χ2v) is 9.52. The van der Waals surface area contributed by atoms with E-state index in [9.17, 15) is 13.5 Å². The summed E-state index contributed by atoms with van der Waals surface area (Å²) in [6.07, 6.45) is 0.676. The summed E-state index contributed by atoms with van der Waals surface area (Å²) in [4.78, 5) is 3.08. The maximum Gasteiger partial charge on any atom is 0.250 e. The summed E-state index contributed by atoms with van der Waals surface area (Å²) in [5.41, 5.74) is 0.810. The van der Waals surface area contributed by atoms with Crippen molar-refractivity contribution in [3.63, 3.8) is 0 Å². The molecule has 0 saturated heterocycles. The molecule has 2 aromatic rings. The van der Waals surface area contributed by atoms with E-state index in [4.69, 9.17) is 0 Å². The van der Waals surface area contributed by atoms with E-state index in [1.165, 1.54) is 9.75 Å². The number of sulfonamides is 1. The molecule has 116 valence electrons. The molecule has 4 nitrogen and oxygen atoms in total. The van der Waals surface area contributed by atoms with Gasteiger partial charge >= 0.3 is 0 Å². The van der Waals surface area contributed by atoms with Gasteiger partial charge in [0.2, 0.25) is 10.0 Å². The lowest BCUT2D eigenvalue weighted by Crippen LogP contribution is -2.33. The highest BCUT2D eigenvalue weighted by molar-refractivity contribution is 7.91. The zero-order chi connectivity index (χ0) is 15.6. The third kappa shape index (κ3) is 4.14. The van der Waals surface area contributed by atoms with Crippen molar-refractivity contribution in [1.82, 2.24) is 4.72 Å². The smallest absolute Gasteiger partial charge is 0.250 e. The first-order chi connectivity index (χ1) is 9.81. The molecule has 7 heteroatoms. The Morgan fingerprint density at radius 2 is 2.00 bits per heavy atom. The van der Waals surface area contributed by atoms with Gasteiger partial charge in [-0.2, -0.15) is 0 Å². The molecule has 2 heterocycles. The molecule has 2 N–H and O–H groups in total. The van der Waals surface area contributed by atoms with Gasteiger partial charge in [0.15, 0.2) is 0 Å². The Morgan fingerprint density at radius 1 is 1.29 bits per heavy atom. The normalized spacial score (nSPS) is 13.5. The SMILES string of the molecule is Cc1ccc(CC(C)NS(=O)(=O)c2cc(C)c(CO)s2)s1. The Bertz CT molecular complexity index is 716. The minimum atomic E-state index is -3.52. The van der Waals surface area contributed by atoms with Crippen molar-refractivity contribution in [2.75, 3.05) is 0 Å². The molecule has 0 aliphatic rings. The van der Waals surface area contributed by atoms with Gasteiger partial charge in [-0.25, -0.2) is 13.1 Å². The zero-order valence-electron chi connectivity index (χ0n) is 12.2. The topological polar surface area (TPSA) is 66.4 Å². The summed E-state index contributed by atoms with van der Waals surface area (Å²) in [6, 6.07) is 5.51. The van der Waals surface area contributed by atoms with Crippen molar-refractivity contribution in [2.24, 2.45) is 0 Å². The van der Waals surface area contributed by atoms with E-state index in [0.717, 1.165) is 16.9 Å². The lowest BCUT2D eigenvalue weighted by molar-refractivity contribution is 0.285. The number of thiophene rings is 2. The fourth-order valence-corrected chi connectivity index (χ4v) is 5.77. The van der Waals surface area contributed by atoms with Crippen molar-refractivity contribution >= 4 is 32.7 Å². The lowest BCUT2D eigenvalue weighted by atomic mass is 10.2. The van der Waals surface area contributed by atoms with Crippen LogP contribution in [0.5, 0.6) is 0 Å². The molecule has 0 spiro atoms. The van der Waals surface area contributed by atoms with Gasteiger partial charge < -0.3 is 5.11 Å². The predicted molar refractivity (Wildman–Crippen MR) is 87.5 cm³/mol. The summed E-state index contributed by atoms with van der Waals surface area (Å²) < 4.78 is 27.6. The highest BCUT2D eigenvalue weighted by Gasteiger charge is 2.21. The molecule has 0 amide bonds. The maximum atomic E-state index is 12.3. The number of aliphatic hydroxyl groups excluding tert-OH is 1. The van der Waals surface area contributed by atoms with Crippen LogP contribution in [0.15, 0.2) is 22.4 Å². The molecule has 2 rings (SSSR count). The monoisotopic (exact) mass is 345 g/mol. The first-order valence-corrected chi connectivity index (χ1v) is 9.71. The first-order valence-electron chi connectivity index (χ1n) is 6.59. The van der Waals surface area contributed by atoms with Crippen molar-refractivity contribution in [3.8, 4) is 0 Å². The van der Waals surface area contributed by atoms with Crippen LogP contribution >= 0.6 is 22.7 Å². The number of aliphatic hydroxyl groups is 1. The summed E-state index contributed by atoms with van der Waals surface area (Å²) in [5.74, 6) is 0. The van der Waals surface area contributed by atoms with Crippen molar-refractivity contribution in [1.29, 1.82) is 0 Å². The summed E-state index contributed by atoms with van der Waals surface area (Å²) >= 11 is 2.80. The lowest BCUT2D eigenvalue weighted by Gasteiger charge is -2.12. The van der Waals surface area contributed by atoms with Crippen LogP contribution in [0, 0.1) is 13.8 Å². The maximum absolute atomic E-state index is 12.3. The number of hydrogen-bond acceptors (Lipinski definition) is 5. The van der Waals surface area contributed by atoms with Gasteiger partial charge in [-0.1, -0.05) is 0 Å². The molecule has 0 aliphatic carbocycles. The zero-order valence-corrected chi connectivity index (χ0v) is 14.7. The summed E-state index contributed by atoms with van der Waals surface area (Å²) in [5, 5.41) is 9.17. The largest absolute Gasteiger partial charge is 0.391 e. The average molecular weight is 346 g/mol. The Labute approximate surface area is 133 Å². The van der Waals surface area contributed by atoms with Crippen LogP contribution in [0.3, 0.4) is 0 Å². The van der Waals surface area contributed by atoms with Gasteiger partial charge in [-0.15, -0.1) is 22.7 Å². The highest BCUT2D eigenvalue weighted by Crippen LogP contribution is 2.26. The molecular formula is C14H19NO3S3. The molecule has 0 radical (unpaired) electrons. The van der Waals surface area contributed by atoms with Gasteiger partial charge in [-0.05, 0) is 51.0 Å². The van der Waals surface area contributed by atoms with E-state index < -0.39 is 10.0 Å². The quantitative estimate of drug-likeness (QED) is 0.846. The van der Waals surface area contributed by atoms with E-state index in [1.807, 2.05) is 26.0 Å². The molecule has 0 fully saturated rings. The highest BCUT2D eigenvalue weighted by atomic mass is 32.2. The van der Waals surface area contributed by atoms with Gasteiger partial charge in [0.25, 0.3) is 0 Å². The van der Waals surface area contributed by atoms with Crippen LogP contribution in [0.1, 0.15) is 27.1 Å². The number of hydrogen-bond donors (Lipinski definition) is 2. The minimum Gasteiger partial charge on any atom is -0.391 e. The van der Waals surface area contributed by atoms with E-state index >= 15 is 0 Å². The number of rotatable bonds is 6. The Hall–Kier alpha value is -0.730. The molecule has 0 aliphatic heterocycles. The molecular weight excluding hydrogens is 326 g/mol. The Kier molecular flexibility index (Phi) is 5.21. The van der Waals surface area contributed by atoms with Crippen LogP contribution in [-0.4, -0.2) is 19.6 Å². The van der Waals surface area contributed by atoms with Crippen LogP contribution in [-0.2, 0) is 23.1 Å². The van der Waals surface area contributed by atoms with E-state index in [-0.39, 0.29) is 16.9 Å². The standard InChI is InChI=1S/C14H19NO3S3/c1-9-6-14(20-13(9)8-16)21(17,18)15-10(2)7-12-5-4-11(3)19-12/h4-6,10,15-16H,7-8H2,1-3H3. The Morgan fingerprint density at radius 3 is 2.52 bits per heavy atom. The number of nitrogens with one attached hydrogen (secondary N) is 1. The van der Waals surface area contributed by atoms with E-state index in [2.05, 4.69) is 4.72 Å². The van der Waals surface area contributed by atoms with Crippen LogP contribution in [0.4, 0.5) is 0 Å². The Balaban J connectivity index is 2.09. The van der Waals surface area contributed by atoms with Crippen LogP contribution < -0.4 is 4.72 Å². The van der Waals surface area contributed by atoms with E-state index in [0.29, 0.717) is 11.3 Å². The van der Waals surface area contributed by atoms with Crippen LogP contribution in [0.25, 0.3) is 0 Å². The summed E-state index contributed by atoms with van der Waals surface area (Å²) in [7, 11) is -3.52. The van der Waals surface area contributed by atoms with Gasteiger partial charge in [0.05, 0.1) is 6.61 Å².